The lowest BCUT2D eigenvalue weighted by atomic mass is 9.81. The summed E-state index contributed by atoms with van der Waals surface area (Å²) in [6.45, 7) is -2.23. The number of halogens is 8. The minimum atomic E-state index is -6.17. The summed E-state index contributed by atoms with van der Waals surface area (Å²) in [6, 6.07) is 9.12. The summed E-state index contributed by atoms with van der Waals surface area (Å²) in [5.41, 5.74) is -7.46. The molecule has 1 saturated heterocycles. The van der Waals surface area contributed by atoms with Gasteiger partial charge in [0.05, 0.1) is 30.1 Å². The van der Waals surface area contributed by atoms with E-state index in [1.54, 1.807) is 0 Å². The molecule has 1 atom stereocenters. The van der Waals surface area contributed by atoms with E-state index in [4.69, 9.17) is 4.74 Å². The fraction of sp³-hybridized carbons (Fsp3) is 0.429. The molecule has 282 valence electrons. The molecule has 1 unspecified atom stereocenters. The Hall–Kier alpha value is -4.25. The number of rotatable bonds is 10. The van der Waals surface area contributed by atoms with Crippen LogP contribution in [0.15, 0.2) is 71.6 Å². The predicted octanol–water partition coefficient (Wildman–Crippen LogP) is 7.30. The molecular weight excluding hydrogens is 730 g/mol. The smallest absolute Gasteiger partial charge is 0.430 e. The van der Waals surface area contributed by atoms with Gasteiger partial charge >= 0.3 is 18.3 Å². The van der Waals surface area contributed by atoms with E-state index < -0.39 is 97.1 Å². The number of amides is 1. The summed E-state index contributed by atoms with van der Waals surface area (Å²) in [6.07, 6.45) is -11.8. The highest BCUT2D eigenvalue weighted by Crippen LogP contribution is 2.54. The standard InChI is InChI=1S/C35H33F8NO7S/c1-50-29-4-2-3-28(37)27(29)19-51-33(34(38,39)40,35(41,42)43)24-11-9-23(10-12-24)32(52(48,49)26-15-13-25(36)14-16-26)17-18-44(20-32)30(45)21-5-7-22(8-6-21)31(46)47/h2-4,9-16,21-22H,5-8,17-20H2,1H3,(H,46,47). The quantitative estimate of drug-likeness (QED) is 0.171. The summed E-state index contributed by atoms with van der Waals surface area (Å²) >= 11 is 0. The molecule has 1 aliphatic heterocycles. The Morgan fingerprint density at radius 2 is 1.44 bits per heavy atom. The molecule has 2 aliphatic rings. The van der Waals surface area contributed by atoms with Gasteiger partial charge in [-0.25, -0.2) is 17.2 Å². The Labute approximate surface area is 293 Å². The summed E-state index contributed by atoms with van der Waals surface area (Å²) < 4.78 is 152. The van der Waals surface area contributed by atoms with Crippen molar-refractivity contribution in [3.63, 3.8) is 0 Å². The molecule has 52 heavy (non-hydrogen) atoms. The van der Waals surface area contributed by atoms with Crippen LogP contribution < -0.4 is 4.74 Å². The van der Waals surface area contributed by atoms with Crippen molar-refractivity contribution in [1.82, 2.24) is 4.90 Å². The largest absolute Gasteiger partial charge is 0.496 e. The number of hydrogen-bond acceptors (Lipinski definition) is 6. The van der Waals surface area contributed by atoms with E-state index in [0.717, 1.165) is 61.7 Å². The lowest BCUT2D eigenvalue weighted by molar-refractivity contribution is -0.392. The lowest BCUT2D eigenvalue weighted by Gasteiger charge is -2.38. The van der Waals surface area contributed by atoms with Gasteiger partial charge in [0.1, 0.15) is 22.1 Å². The maximum atomic E-state index is 14.7. The summed E-state index contributed by atoms with van der Waals surface area (Å²) in [5, 5.41) is 9.32. The number of benzene rings is 3. The lowest BCUT2D eigenvalue weighted by Crippen LogP contribution is -2.56. The van der Waals surface area contributed by atoms with Crippen LogP contribution in [0.1, 0.15) is 48.8 Å². The molecule has 0 bridgehead atoms. The summed E-state index contributed by atoms with van der Waals surface area (Å²) in [7, 11) is -3.58. The molecule has 3 aromatic carbocycles. The van der Waals surface area contributed by atoms with Crippen LogP contribution in [0.25, 0.3) is 0 Å². The molecule has 1 saturated carbocycles. The van der Waals surface area contributed by atoms with Crippen molar-refractivity contribution in [3.8, 4) is 5.75 Å². The first kappa shape index (κ1) is 39.0. The third kappa shape index (κ3) is 6.84. The van der Waals surface area contributed by atoms with Crippen molar-refractivity contribution in [3.05, 3.63) is 95.1 Å². The molecule has 1 amide bonds. The van der Waals surface area contributed by atoms with Gasteiger partial charge in [0.15, 0.2) is 9.84 Å². The van der Waals surface area contributed by atoms with E-state index in [0.29, 0.717) is 12.1 Å². The van der Waals surface area contributed by atoms with Gasteiger partial charge in [0.25, 0.3) is 5.60 Å². The van der Waals surface area contributed by atoms with Gasteiger partial charge in [-0.3, -0.25) is 9.59 Å². The second-order valence-electron chi connectivity index (χ2n) is 12.8. The zero-order valence-electron chi connectivity index (χ0n) is 27.4. The van der Waals surface area contributed by atoms with Gasteiger partial charge in [-0.05, 0) is 74.1 Å². The Balaban J connectivity index is 1.57. The van der Waals surface area contributed by atoms with Crippen LogP contribution in [0.5, 0.6) is 5.75 Å². The van der Waals surface area contributed by atoms with Gasteiger partial charge in [-0.2, -0.15) is 26.3 Å². The van der Waals surface area contributed by atoms with Crippen LogP contribution in [-0.4, -0.2) is 62.9 Å². The van der Waals surface area contributed by atoms with E-state index in [1.807, 2.05) is 0 Å². The van der Waals surface area contributed by atoms with Crippen LogP contribution >= 0.6 is 0 Å². The molecule has 8 nitrogen and oxygen atoms in total. The molecule has 17 heteroatoms. The van der Waals surface area contributed by atoms with Crippen molar-refractivity contribution >= 4 is 21.7 Å². The van der Waals surface area contributed by atoms with E-state index in [-0.39, 0.29) is 50.0 Å². The third-order valence-electron chi connectivity index (χ3n) is 9.95. The highest BCUT2D eigenvalue weighted by atomic mass is 32.2. The molecule has 1 aliphatic carbocycles. The third-order valence-corrected chi connectivity index (χ3v) is 12.4. The zero-order valence-corrected chi connectivity index (χ0v) is 28.3. The number of carbonyl (C=O) groups is 2. The van der Waals surface area contributed by atoms with Crippen LogP contribution in [0, 0.1) is 23.5 Å². The molecule has 0 radical (unpaired) electrons. The Morgan fingerprint density at radius 1 is 0.865 bits per heavy atom. The number of carboxylic acids is 1. The SMILES string of the molecule is COc1cccc(F)c1COC(c1ccc(C2(S(=O)(=O)c3ccc(F)cc3)CCN(C(=O)C3CCC(C(=O)O)CC3)C2)cc1)(C(F)(F)F)C(F)(F)F. The van der Waals surface area contributed by atoms with E-state index in [9.17, 15) is 58.2 Å². The number of likely N-dealkylation sites (tertiary alicyclic amines) is 1. The Bertz CT molecular complexity index is 1880. The maximum absolute atomic E-state index is 14.7. The molecular formula is C35H33F8NO7S. The minimum Gasteiger partial charge on any atom is -0.496 e. The van der Waals surface area contributed by atoms with Gasteiger partial charge in [-0.1, -0.05) is 30.3 Å². The Kier molecular flexibility index (Phi) is 10.7. The highest BCUT2D eigenvalue weighted by molar-refractivity contribution is 7.92. The van der Waals surface area contributed by atoms with Crippen LogP contribution in [0.4, 0.5) is 35.1 Å². The van der Waals surface area contributed by atoms with Crippen LogP contribution in [0.2, 0.25) is 0 Å². The number of hydrogen-bond donors (Lipinski definition) is 1. The number of alkyl halides is 6. The summed E-state index contributed by atoms with van der Waals surface area (Å²) in [4.78, 5) is 25.8. The minimum absolute atomic E-state index is 0.164. The van der Waals surface area contributed by atoms with Crippen molar-refractivity contribution in [2.75, 3.05) is 20.2 Å². The first-order valence-corrected chi connectivity index (χ1v) is 17.5. The normalized spacial score (nSPS) is 21.6. The number of aliphatic carboxylic acids is 1. The second kappa shape index (κ2) is 14.3. The second-order valence-corrected chi connectivity index (χ2v) is 15.1. The Morgan fingerprint density at radius 3 is 1.98 bits per heavy atom. The number of carbonyl (C=O) groups excluding carboxylic acids is 1. The van der Waals surface area contributed by atoms with Gasteiger partial charge < -0.3 is 19.5 Å². The van der Waals surface area contributed by atoms with Gasteiger partial charge in [-0.15, -0.1) is 0 Å². The molecule has 2 fully saturated rings. The predicted molar refractivity (Wildman–Crippen MR) is 168 cm³/mol. The van der Waals surface area contributed by atoms with Crippen molar-refractivity contribution in [1.29, 1.82) is 0 Å². The number of sulfone groups is 1. The number of methoxy groups -OCH3 is 1. The molecule has 5 rings (SSSR count). The van der Waals surface area contributed by atoms with Crippen molar-refractivity contribution in [2.45, 2.75) is 66.3 Å². The number of nitrogens with zero attached hydrogens (tertiary/aromatic N) is 1. The fourth-order valence-electron chi connectivity index (χ4n) is 7.06. The van der Waals surface area contributed by atoms with E-state index in [1.165, 1.54) is 4.90 Å². The zero-order chi connectivity index (χ0) is 38.3. The molecule has 1 N–H and O–H groups in total. The average molecular weight is 764 g/mol. The van der Waals surface area contributed by atoms with Gasteiger partial charge in [0, 0.05) is 24.6 Å². The van der Waals surface area contributed by atoms with E-state index >= 15 is 0 Å². The van der Waals surface area contributed by atoms with Gasteiger partial charge in [0.2, 0.25) is 5.91 Å². The first-order valence-electron chi connectivity index (χ1n) is 16.0. The number of ether oxygens (including phenoxy) is 2. The maximum Gasteiger partial charge on any atom is 0.430 e. The van der Waals surface area contributed by atoms with Crippen LogP contribution in [0.3, 0.4) is 0 Å². The molecule has 1 heterocycles. The van der Waals surface area contributed by atoms with E-state index in [2.05, 4.69) is 4.74 Å². The molecule has 3 aromatic rings. The monoisotopic (exact) mass is 763 g/mol. The fourth-order valence-corrected chi connectivity index (χ4v) is 9.14. The van der Waals surface area contributed by atoms with Crippen molar-refractivity contribution < 1.29 is 67.7 Å². The topological polar surface area (TPSA) is 110 Å². The summed E-state index contributed by atoms with van der Waals surface area (Å²) in [5.74, 6) is -5.07. The van der Waals surface area contributed by atoms with Crippen molar-refractivity contribution in [2.24, 2.45) is 11.8 Å². The highest BCUT2D eigenvalue weighted by Gasteiger charge is 2.73. The number of carboxylic acid groups (broad SMARTS) is 1. The molecule has 0 aromatic heterocycles. The molecule has 0 spiro atoms. The first-order chi connectivity index (χ1) is 24.3. The average Bonchev–Trinajstić information content (AvgIpc) is 3.55. The van der Waals surface area contributed by atoms with Crippen LogP contribution in [-0.2, 0) is 41.1 Å².